The Morgan fingerprint density at radius 1 is 1.10 bits per heavy atom. The molecule has 1 atom stereocenters. The van der Waals surface area contributed by atoms with Crippen molar-refractivity contribution in [3.05, 3.63) is 53.6 Å². The van der Waals surface area contributed by atoms with Gasteiger partial charge < -0.3 is 26.6 Å². The summed E-state index contributed by atoms with van der Waals surface area (Å²) < 4.78 is 31.2. The number of hydrogen-bond acceptors (Lipinski definition) is 5. The molecule has 0 radical (unpaired) electrons. The van der Waals surface area contributed by atoms with E-state index in [0.29, 0.717) is 12.2 Å². The molecule has 0 aromatic heterocycles. The van der Waals surface area contributed by atoms with Crippen molar-refractivity contribution in [2.24, 2.45) is 16.5 Å². The fourth-order valence-electron chi connectivity index (χ4n) is 3.50. The molecule has 1 aliphatic heterocycles. The van der Waals surface area contributed by atoms with Crippen LogP contribution < -0.4 is 16.0 Å². The highest BCUT2D eigenvalue weighted by molar-refractivity contribution is 6.09. The molecule has 0 fully saturated rings. The molecule has 6 N–H and O–H groups in total. The van der Waals surface area contributed by atoms with Gasteiger partial charge in [-0.15, -0.1) is 0 Å². The molecule has 1 unspecified atom stereocenters. The Bertz CT molecular complexity index is 1350. The lowest BCUT2D eigenvalue weighted by Crippen LogP contribution is -2.49. The summed E-state index contributed by atoms with van der Waals surface area (Å²) in [4.78, 5) is 51.3. The maximum Gasteiger partial charge on any atom is 0.490 e. The molecule has 1 aliphatic rings. The number of aliphatic imine (C=N–C) groups is 1. The van der Waals surface area contributed by atoms with Crippen LogP contribution in [0.3, 0.4) is 0 Å². The first kappa shape index (κ1) is 30.3. The lowest BCUT2D eigenvalue weighted by molar-refractivity contribution is -0.192. The normalized spacial score (nSPS) is 16.6. The molecule has 2 amide bonds. The molecule has 1 heterocycles. The SMILES string of the molecule is C#C[N+]1(C)C(=O)CN(CCC(=O)O)C(=O)c2cc(-c3ccc(CN=C(N)N)cc3)ccc21.O=C(O)C(F)(F)F. The van der Waals surface area contributed by atoms with Gasteiger partial charge in [0, 0.05) is 12.6 Å². The highest BCUT2D eigenvalue weighted by Crippen LogP contribution is 2.34. The summed E-state index contributed by atoms with van der Waals surface area (Å²) >= 11 is 0. The number of fused-ring (bicyclic) bond motifs is 1. The monoisotopic (exact) mass is 548 g/mol. The second-order valence-corrected chi connectivity index (χ2v) is 8.37. The van der Waals surface area contributed by atoms with Crippen LogP contribution in [0.2, 0.25) is 0 Å². The van der Waals surface area contributed by atoms with Gasteiger partial charge in [-0.1, -0.05) is 30.7 Å². The zero-order valence-corrected chi connectivity index (χ0v) is 20.6. The van der Waals surface area contributed by atoms with Crippen molar-refractivity contribution in [3.8, 4) is 23.6 Å². The molecule has 0 spiro atoms. The van der Waals surface area contributed by atoms with E-state index in [1.54, 1.807) is 25.2 Å². The Morgan fingerprint density at radius 3 is 2.15 bits per heavy atom. The molecule has 39 heavy (non-hydrogen) atoms. The second kappa shape index (κ2) is 12.1. The number of halogens is 3. The average molecular weight is 548 g/mol. The van der Waals surface area contributed by atoms with Gasteiger partial charge in [0.2, 0.25) is 0 Å². The molecule has 0 saturated heterocycles. The van der Waals surface area contributed by atoms with Crippen molar-refractivity contribution < 1.29 is 42.6 Å². The topological polar surface area (TPSA) is 176 Å². The summed E-state index contributed by atoms with van der Waals surface area (Å²) in [5, 5.41) is 16.1. The van der Waals surface area contributed by atoms with Crippen molar-refractivity contribution in [1.82, 2.24) is 9.38 Å². The summed E-state index contributed by atoms with van der Waals surface area (Å²) in [6.07, 6.45) is 0.334. The number of rotatable bonds is 6. The van der Waals surface area contributed by atoms with Gasteiger partial charge in [0.15, 0.2) is 11.6 Å². The Balaban J connectivity index is 0.000000673. The number of carboxylic acid groups (broad SMARTS) is 2. The van der Waals surface area contributed by atoms with Crippen LogP contribution in [-0.2, 0) is 20.9 Å². The third-order valence-corrected chi connectivity index (χ3v) is 5.65. The van der Waals surface area contributed by atoms with E-state index in [2.05, 4.69) is 11.0 Å². The number of nitrogens with two attached hydrogens (primary N) is 2. The van der Waals surface area contributed by atoms with Gasteiger partial charge in [0.1, 0.15) is 18.2 Å². The van der Waals surface area contributed by atoms with Gasteiger partial charge in [-0.3, -0.25) is 9.59 Å². The van der Waals surface area contributed by atoms with Crippen LogP contribution >= 0.6 is 0 Å². The van der Waals surface area contributed by atoms with E-state index in [9.17, 15) is 27.6 Å². The summed E-state index contributed by atoms with van der Waals surface area (Å²) in [7, 11) is 1.55. The number of likely N-dealkylation sites (N-methyl/N-ethyl adjacent to an activating group) is 1. The summed E-state index contributed by atoms with van der Waals surface area (Å²) in [5.41, 5.74) is 13.9. The largest absolute Gasteiger partial charge is 0.490 e. The minimum Gasteiger partial charge on any atom is -0.481 e. The third kappa shape index (κ3) is 7.55. The number of quaternary nitrogens is 1. The first-order chi connectivity index (χ1) is 18.1. The zero-order chi connectivity index (χ0) is 29.5. The van der Waals surface area contributed by atoms with E-state index in [1.807, 2.05) is 24.3 Å². The first-order valence-electron chi connectivity index (χ1n) is 11.1. The smallest absolute Gasteiger partial charge is 0.481 e. The number of carboxylic acids is 2. The number of nitrogens with zero attached hydrogens (tertiary/aromatic N) is 3. The number of aliphatic carboxylic acids is 2. The van der Waals surface area contributed by atoms with Gasteiger partial charge in [-0.25, -0.2) is 14.6 Å². The molecule has 3 rings (SSSR count). The van der Waals surface area contributed by atoms with Gasteiger partial charge in [-0.05, 0) is 28.8 Å². The quantitative estimate of drug-likeness (QED) is 0.183. The Morgan fingerprint density at radius 2 is 1.67 bits per heavy atom. The number of alkyl halides is 3. The Kier molecular flexibility index (Phi) is 9.41. The lowest BCUT2D eigenvalue weighted by Gasteiger charge is -2.23. The van der Waals surface area contributed by atoms with Crippen LogP contribution in [0.25, 0.3) is 11.1 Å². The van der Waals surface area contributed by atoms with Crippen molar-refractivity contribution in [1.29, 1.82) is 0 Å². The molecular formula is C25H25F3N5O6+. The molecule has 14 heteroatoms. The van der Waals surface area contributed by atoms with Crippen LogP contribution in [0.15, 0.2) is 47.5 Å². The van der Waals surface area contributed by atoms with E-state index >= 15 is 0 Å². The number of carbonyl (C=O) groups is 4. The van der Waals surface area contributed by atoms with Crippen molar-refractivity contribution in [2.45, 2.75) is 19.1 Å². The number of amides is 2. The van der Waals surface area contributed by atoms with Crippen molar-refractivity contribution in [3.63, 3.8) is 0 Å². The number of benzene rings is 2. The molecule has 2 aromatic carbocycles. The van der Waals surface area contributed by atoms with Gasteiger partial charge >= 0.3 is 24.0 Å². The van der Waals surface area contributed by atoms with Crippen LogP contribution in [0.5, 0.6) is 0 Å². The fraction of sp³-hybridized carbons (Fsp3) is 0.240. The van der Waals surface area contributed by atoms with Crippen LogP contribution in [0, 0.1) is 12.5 Å². The van der Waals surface area contributed by atoms with E-state index < -0.39 is 28.5 Å². The first-order valence-corrected chi connectivity index (χ1v) is 11.1. The van der Waals surface area contributed by atoms with Crippen LogP contribution in [0.1, 0.15) is 22.3 Å². The molecule has 0 bridgehead atoms. The molecule has 0 aliphatic carbocycles. The predicted molar refractivity (Wildman–Crippen MR) is 135 cm³/mol. The highest BCUT2D eigenvalue weighted by atomic mass is 19.4. The maximum atomic E-state index is 13.2. The van der Waals surface area contributed by atoms with Crippen LogP contribution in [0.4, 0.5) is 18.9 Å². The summed E-state index contributed by atoms with van der Waals surface area (Å²) in [5.74, 6) is -4.62. The second-order valence-electron chi connectivity index (χ2n) is 8.37. The minimum absolute atomic E-state index is 0.00929. The Hall–Kier alpha value is -4.90. The number of guanidine groups is 1. The summed E-state index contributed by atoms with van der Waals surface area (Å²) in [6, 6.07) is 15.1. The zero-order valence-electron chi connectivity index (χ0n) is 20.6. The molecule has 11 nitrogen and oxygen atoms in total. The molecule has 0 saturated carbocycles. The average Bonchev–Trinajstić information content (AvgIpc) is 2.95. The maximum absolute atomic E-state index is 13.2. The molecule has 206 valence electrons. The summed E-state index contributed by atoms with van der Waals surface area (Å²) in [6.45, 7) is -0.00606. The fourth-order valence-corrected chi connectivity index (χ4v) is 3.50. The van der Waals surface area contributed by atoms with Crippen molar-refractivity contribution >= 4 is 35.4 Å². The van der Waals surface area contributed by atoms with Crippen LogP contribution in [-0.4, -0.2) is 71.1 Å². The van der Waals surface area contributed by atoms with Gasteiger partial charge in [0.25, 0.3) is 5.91 Å². The predicted octanol–water partition coefficient (Wildman–Crippen LogP) is 1.75. The van der Waals surface area contributed by atoms with Gasteiger partial charge in [-0.2, -0.15) is 17.7 Å². The van der Waals surface area contributed by atoms with E-state index in [0.717, 1.165) is 16.7 Å². The Labute approximate surface area is 220 Å². The number of terminal acetylenes is 1. The highest BCUT2D eigenvalue weighted by Gasteiger charge is 2.43. The number of hydrogen-bond donors (Lipinski definition) is 4. The standard InChI is InChI=1S/C23H23N5O4.C2HF3O2/c1-3-28(2)19-9-8-17(16-6-4-15(5-7-16)13-26-23(24)25)12-18(19)22(32)27(14-20(28)29)11-10-21(30)31;3-2(4,5)1(6)7/h1,4-9,12H,10-11,13-14H2,2H3,(H4-,24,25,26,30,31);(H,6,7)/p+1. The molecule has 2 aromatic rings. The lowest BCUT2D eigenvalue weighted by atomic mass is 9.99. The van der Waals surface area contributed by atoms with Gasteiger partial charge in [0.05, 0.1) is 20.0 Å². The third-order valence-electron chi connectivity index (χ3n) is 5.65. The van der Waals surface area contributed by atoms with E-state index in [1.165, 1.54) is 4.90 Å². The minimum atomic E-state index is -5.08. The number of carbonyl (C=O) groups excluding carboxylic acids is 2. The van der Waals surface area contributed by atoms with E-state index in [-0.39, 0.29) is 36.9 Å². The van der Waals surface area contributed by atoms with E-state index in [4.69, 9.17) is 32.9 Å². The molecular weight excluding hydrogens is 523 g/mol. The van der Waals surface area contributed by atoms with Crippen molar-refractivity contribution in [2.75, 3.05) is 20.1 Å².